The maximum absolute atomic E-state index is 14.0. The lowest BCUT2D eigenvalue weighted by molar-refractivity contribution is 0.353. The summed E-state index contributed by atoms with van der Waals surface area (Å²) in [5.74, 6) is 0. The molecule has 5 heteroatoms. The highest BCUT2D eigenvalue weighted by Gasteiger charge is 2.37. The van der Waals surface area contributed by atoms with E-state index >= 15 is 0 Å². The van der Waals surface area contributed by atoms with Crippen molar-refractivity contribution in [2.45, 2.75) is 31.3 Å². The predicted molar refractivity (Wildman–Crippen MR) is 123 cm³/mol. The molecule has 0 fully saturated rings. The largest absolute Gasteiger partial charge is 0.319 e. The fraction of sp³-hybridized carbons (Fsp3) is 0.154. The number of fused-ring (bicyclic) bond motifs is 3. The first kappa shape index (κ1) is 19.8. The number of aryl methyl sites for hydroxylation is 2. The van der Waals surface area contributed by atoms with Gasteiger partial charge in [0.2, 0.25) is 10.0 Å². The Morgan fingerprint density at radius 1 is 0.774 bits per heavy atom. The van der Waals surface area contributed by atoms with Crippen LogP contribution >= 0.6 is 0 Å². The lowest BCUT2D eigenvalue weighted by atomic mass is 10.0. The molecular formula is C26H24N2O2S. The van der Waals surface area contributed by atoms with E-state index < -0.39 is 16.1 Å². The van der Waals surface area contributed by atoms with E-state index in [1.165, 1.54) is 0 Å². The summed E-state index contributed by atoms with van der Waals surface area (Å²) in [6, 6.07) is 26.8. The summed E-state index contributed by atoms with van der Waals surface area (Å²) in [4.78, 5) is 0.313. The first-order valence-corrected chi connectivity index (χ1v) is 11.8. The van der Waals surface area contributed by atoms with Crippen LogP contribution in [0.5, 0.6) is 0 Å². The molecule has 5 rings (SSSR count). The van der Waals surface area contributed by atoms with Crippen molar-refractivity contribution in [3.05, 3.63) is 119 Å². The van der Waals surface area contributed by atoms with Crippen LogP contribution in [0.4, 0.5) is 0 Å². The van der Waals surface area contributed by atoms with Crippen molar-refractivity contribution >= 4 is 10.0 Å². The number of rotatable bonds is 3. The van der Waals surface area contributed by atoms with Gasteiger partial charge in [-0.2, -0.15) is 4.31 Å². The van der Waals surface area contributed by atoms with Crippen molar-refractivity contribution in [3.63, 3.8) is 0 Å². The molecule has 0 spiro atoms. The van der Waals surface area contributed by atoms with E-state index in [9.17, 15) is 8.42 Å². The Morgan fingerprint density at radius 2 is 1.42 bits per heavy atom. The van der Waals surface area contributed by atoms with Crippen LogP contribution in [-0.2, 0) is 16.6 Å². The average Bonchev–Trinajstić information content (AvgIpc) is 3.19. The summed E-state index contributed by atoms with van der Waals surface area (Å²) in [7, 11) is -3.75. The quantitative estimate of drug-likeness (QED) is 0.439. The molecule has 1 aliphatic rings. The van der Waals surface area contributed by atoms with E-state index in [0.29, 0.717) is 11.4 Å². The van der Waals surface area contributed by atoms with Crippen LogP contribution in [0.2, 0.25) is 0 Å². The first-order valence-electron chi connectivity index (χ1n) is 10.4. The molecule has 0 saturated heterocycles. The molecular weight excluding hydrogens is 404 g/mol. The van der Waals surface area contributed by atoms with Crippen molar-refractivity contribution in [2.24, 2.45) is 0 Å². The van der Waals surface area contributed by atoms with Gasteiger partial charge in [0.15, 0.2) is 0 Å². The van der Waals surface area contributed by atoms with E-state index in [-0.39, 0.29) is 0 Å². The molecule has 0 radical (unpaired) electrons. The molecule has 31 heavy (non-hydrogen) atoms. The zero-order valence-electron chi connectivity index (χ0n) is 17.6. The van der Waals surface area contributed by atoms with Gasteiger partial charge in [-0.05, 0) is 55.3 Å². The van der Waals surface area contributed by atoms with Crippen molar-refractivity contribution in [3.8, 4) is 5.69 Å². The Hall–Kier alpha value is -3.15. The van der Waals surface area contributed by atoms with Crippen LogP contribution in [0.15, 0.2) is 96.0 Å². The van der Waals surface area contributed by atoms with Gasteiger partial charge >= 0.3 is 0 Å². The summed E-state index contributed by atoms with van der Waals surface area (Å²) < 4.78 is 31.7. The van der Waals surface area contributed by atoms with Gasteiger partial charge in [-0.3, -0.25) is 0 Å². The molecule has 1 unspecified atom stereocenters. The molecule has 0 bridgehead atoms. The minimum absolute atomic E-state index is 0.298. The highest BCUT2D eigenvalue weighted by molar-refractivity contribution is 7.89. The zero-order valence-corrected chi connectivity index (χ0v) is 18.4. The number of para-hydroxylation sites is 1. The lowest BCUT2D eigenvalue weighted by Gasteiger charge is -2.30. The zero-order chi connectivity index (χ0) is 21.6. The van der Waals surface area contributed by atoms with Crippen molar-refractivity contribution < 1.29 is 8.42 Å². The van der Waals surface area contributed by atoms with Gasteiger partial charge in [0.05, 0.1) is 10.9 Å². The number of aromatic nitrogens is 1. The molecule has 2 heterocycles. The molecule has 4 nitrogen and oxygen atoms in total. The second-order valence-electron chi connectivity index (χ2n) is 8.11. The third-order valence-corrected chi connectivity index (χ3v) is 7.77. The highest BCUT2D eigenvalue weighted by Crippen LogP contribution is 2.39. The van der Waals surface area contributed by atoms with Crippen molar-refractivity contribution in [2.75, 3.05) is 0 Å². The molecule has 3 aromatic carbocycles. The van der Waals surface area contributed by atoms with E-state index in [0.717, 1.165) is 33.6 Å². The molecule has 0 saturated carbocycles. The van der Waals surface area contributed by atoms with Crippen LogP contribution in [-0.4, -0.2) is 17.3 Å². The number of hydrogen-bond acceptors (Lipinski definition) is 2. The Kier molecular flexibility index (Phi) is 4.80. The van der Waals surface area contributed by atoms with Gasteiger partial charge in [0.1, 0.15) is 0 Å². The number of benzene rings is 3. The van der Waals surface area contributed by atoms with Crippen LogP contribution in [0.3, 0.4) is 0 Å². The molecule has 1 atom stereocenters. The SMILES string of the molecule is Cc1ccc(C2c3cccn3-c3ccccc3CN2S(=O)(=O)c2ccc(C)cc2)cc1. The van der Waals surface area contributed by atoms with Gasteiger partial charge in [-0.25, -0.2) is 8.42 Å². The average molecular weight is 429 g/mol. The fourth-order valence-corrected chi connectivity index (χ4v) is 5.84. The predicted octanol–water partition coefficient (Wildman–Crippen LogP) is 5.39. The first-order chi connectivity index (χ1) is 14.9. The molecule has 0 N–H and O–H groups in total. The monoisotopic (exact) mass is 428 g/mol. The van der Waals surface area contributed by atoms with E-state index in [4.69, 9.17) is 0 Å². The van der Waals surface area contributed by atoms with E-state index in [1.807, 2.05) is 92.8 Å². The Labute approximate surface area is 183 Å². The van der Waals surface area contributed by atoms with Crippen LogP contribution in [0.25, 0.3) is 5.69 Å². The Balaban J connectivity index is 1.76. The summed E-state index contributed by atoms with van der Waals surface area (Å²) in [5.41, 5.74) is 6.05. The Bertz CT molecular complexity index is 1340. The molecule has 156 valence electrons. The summed E-state index contributed by atoms with van der Waals surface area (Å²) in [6.07, 6.45) is 2.01. The topological polar surface area (TPSA) is 42.3 Å². The molecule has 1 aromatic heterocycles. The van der Waals surface area contributed by atoms with Crippen LogP contribution in [0.1, 0.15) is 34.0 Å². The van der Waals surface area contributed by atoms with Crippen molar-refractivity contribution in [1.82, 2.24) is 8.87 Å². The number of hydrogen-bond donors (Lipinski definition) is 0. The minimum Gasteiger partial charge on any atom is -0.319 e. The fourth-order valence-electron chi connectivity index (χ4n) is 4.28. The van der Waals surface area contributed by atoms with Gasteiger partial charge < -0.3 is 4.57 Å². The highest BCUT2D eigenvalue weighted by atomic mass is 32.2. The normalized spacial score (nSPS) is 16.4. The molecule has 0 amide bonds. The standard InChI is InChI=1S/C26H24N2O2S/c1-19-9-13-21(14-10-19)26-25-8-5-17-27(25)24-7-4-3-6-22(24)18-28(26)31(29,30)23-15-11-20(2)12-16-23/h3-17,26H,18H2,1-2H3. The molecule has 1 aliphatic heterocycles. The van der Waals surface area contributed by atoms with Gasteiger partial charge in [-0.15, -0.1) is 0 Å². The maximum Gasteiger partial charge on any atom is 0.244 e. The van der Waals surface area contributed by atoms with Crippen LogP contribution < -0.4 is 0 Å². The molecule has 4 aromatic rings. The lowest BCUT2D eigenvalue weighted by Crippen LogP contribution is -2.34. The maximum atomic E-state index is 14.0. The Morgan fingerprint density at radius 3 is 2.13 bits per heavy atom. The van der Waals surface area contributed by atoms with Crippen LogP contribution in [0, 0.1) is 13.8 Å². The van der Waals surface area contributed by atoms with E-state index in [2.05, 4.69) is 4.57 Å². The van der Waals surface area contributed by atoms with Crippen molar-refractivity contribution in [1.29, 1.82) is 0 Å². The third kappa shape index (κ3) is 3.40. The second-order valence-corrected chi connectivity index (χ2v) is 10.00. The summed E-state index contributed by atoms with van der Waals surface area (Å²) >= 11 is 0. The minimum atomic E-state index is -3.75. The summed E-state index contributed by atoms with van der Waals surface area (Å²) in [6.45, 7) is 4.30. The smallest absolute Gasteiger partial charge is 0.244 e. The number of nitrogens with zero attached hydrogens (tertiary/aromatic N) is 2. The molecule has 0 aliphatic carbocycles. The second kappa shape index (κ2) is 7.52. The van der Waals surface area contributed by atoms with Gasteiger partial charge in [0, 0.05) is 24.1 Å². The van der Waals surface area contributed by atoms with E-state index in [1.54, 1.807) is 16.4 Å². The number of sulfonamides is 1. The van der Waals surface area contributed by atoms with Gasteiger partial charge in [-0.1, -0.05) is 65.7 Å². The third-order valence-electron chi connectivity index (χ3n) is 5.95. The summed E-state index contributed by atoms with van der Waals surface area (Å²) in [5, 5.41) is 0. The van der Waals surface area contributed by atoms with Gasteiger partial charge in [0.25, 0.3) is 0 Å².